The number of halogens is 1. The fourth-order valence-electron chi connectivity index (χ4n) is 1.33. The highest BCUT2D eigenvalue weighted by molar-refractivity contribution is 5.21. The van der Waals surface area contributed by atoms with Crippen molar-refractivity contribution in [2.75, 3.05) is 13.6 Å². The molecule has 0 fully saturated rings. The SMILES string of the molecule is C=C(CCNC)Cc1cccc(F)c1. The standard InChI is InChI=1S/C12H16FN/c1-10(6-7-14-2)8-11-4-3-5-12(13)9-11/h3-5,9,14H,1,6-8H2,2H3. The zero-order chi connectivity index (χ0) is 10.4. The molecule has 1 N–H and O–H groups in total. The highest BCUT2D eigenvalue weighted by Crippen LogP contribution is 2.10. The van der Waals surface area contributed by atoms with Crippen molar-refractivity contribution in [3.05, 3.63) is 47.8 Å². The summed E-state index contributed by atoms with van der Waals surface area (Å²) in [6, 6.07) is 6.67. The first kappa shape index (κ1) is 10.9. The Bertz CT molecular complexity index is 307. The van der Waals surface area contributed by atoms with E-state index in [2.05, 4.69) is 11.9 Å². The minimum atomic E-state index is -0.177. The van der Waals surface area contributed by atoms with E-state index in [1.807, 2.05) is 13.1 Å². The molecule has 1 aromatic carbocycles. The minimum absolute atomic E-state index is 0.177. The third kappa shape index (κ3) is 3.71. The molecule has 1 rings (SSSR count). The van der Waals surface area contributed by atoms with Gasteiger partial charge in [-0.1, -0.05) is 24.3 Å². The second kappa shape index (κ2) is 5.55. The molecule has 0 aromatic heterocycles. The van der Waals surface area contributed by atoms with E-state index in [4.69, 9.17) is 0 Å². The second-order valence-electron chi connectivity index (χ2n) is 3.41. The van der Waals surface area contributed by atoms with Crippen molar-refractivity contribution in [3.8, 4) is 0 Å². The zero-order valence-corrected chi connectivity index (χ0v) is 8.52. The van der Waals surface area contributed by atoms with Crippen molar-refractivity contribution in [3.63, 3.8) is 0 Å². The lowest BCUT2D eigenvalue weighted by molar-refractivity contribution is 0.625. The average Bonchev–Trinajstić information content (AvgIpc) is 2.15. The van der Waals surface area contributed by atoms with Crippen molar-refractivity contribution < 1.29 is 4.39 Å². The van der Waals surface area contributed by atoms with Gasteiger partial charge < -0.3 is 5.32 Å². The molecule has 76 valence electrons. The first-order valence-electron chi connectivity index (χ1n) is 4.78. The second-order valence-corrected chi connectivity index (χ2v) is 3.41. The maximum atomic E-state index is 12.8. The molecule has 0 saturated carbocycles. The van der Waals surface area contributed by atoms with Gasteiger partial charge in [0.05, 0.1) is 0 Å². The number of benzene rings is 1. The van der Waals surface area contributed by atoms with Crippen LogP contribution in [-0.4, -0.2) is 13.6 Å². The minimum Gasteiger partial charge on any atom is -0.319 e. The fourth-order valence-corrected chi connectivity index (χ4v) is 1.33. The Morgan fingerprint density at radius 1 is 1.50 bits per heavy atom. The van der Waals surface area contributed by atoms with Gasteiger partial charge in [-0.25, -0.2) is 4.39 Å². The van der Waals surface area contributed by atoms with E-state index in [-0.39, 0.29) is 5.82 Å². The Hall–Kier alpha value is -1.15. The normalized spacial score (nSPS) is 10.1. The molecule has 14 heavy (non-hydrogen) atoms. The van der Waals surface area contributed by atoms with E-state index in [9.17, 15) is 4.39 Å². The van der Waals surface area contributed by atoms with E-state index >= 15 is 0 Å². The molecule has 1 aromatic rings. The molecule has 0 aliphatic rings. The molecule has 1 nitrogen and oxygen atoms in total. The van der Waals surface area contributed by atoms with E-state index in [1.54, 1.807) is 12.1 Å². The Balaban J connectivity index is 2.47. The maximum absolute atomic E-state index is 12.8. The summed E-state index contributed by atoms with van der Waals surface area (Å²) in [4.78, 5) is 0. The van der Waals surface area contributed by atoms with Crippen LogP contribution >= 0.6 is 0 Å². The monoisotopic (exact) mass is 193 g/mol. The van der Waals surface area contributed by atoms with Gasteiger partial charge in [0.2, 0.25) is 0 Å². The summed E-state index contributed by atoms with van der Waals surface area (Å²) in [5.41, 5.74) is 2.12. The van der Waals surface area contributed by atoms with Crippen LogP contribution < -0.4 is 5.32 Å². The van der Waals surface area contributed by atoms with Crippen LogP contribution in [0.4, 0.5) is 4.39 Å². The van der Waals surface area contributed by atoms with Crippen LogP contribution in [0.15, 0.2) is 36.4 Å². The molecule has 0 aliphatic carbocycles. The van der Waals surface area contributed by atoms with Crippen LogP contribution in [0.5, 0.6) is 0 Å². The average molecular weight is 193 g/mol. The van der Waals surface area contributed by atoms with Crippen LogP contribution in [0.2, 0.25) is 0 Å². The Labute approximate surface area is 84.6 Å². The molecule has 0 bridgehead atoms. The van der Waals surface area contributed by atoms with Gasteiger partial charge in [-0.05, 0) is 44.1 Å². The number of nitrogens with one attached hydrogen (secondary N) is 1. The molecule has 0 radical (unpaired) electrons. The number of hydrogen-bond donors (Lipinski definition) is 1. The summed E-state index contributed by atoms with van der Waals surface area (Å²) in [7, 11) is 1.91. The molecule has 0 heterocycles. The first-order chi connectivity index (χ1) is 6.72. The lowest BCUT2D eigenvalue weighted by atomic mass is 10.0. The molecule has 0 unspecified atom stereocenters. The molecule has 0 amide bonds. The van der Waals surface area contributed by atoms with Crippen molar-refractivity contribution in [2.45, 2.75) is 12.8 Å². The first-order valence-corrected chi connectivity index (χ1v) is 4.78. The lowest BCUT2D eigenvalue weighted by Gasteiger charge is -2.05. The van der Waals surface area contributed by atoms with Gasteiger partial charge >= 0.3 is 0 Å². The van der Waals surface area contributed by atoms with Crippen LogP contribution in [-0.2, 0) is 6.42 Å². The van der Waals surface area contributed by atoms with Crippen molar-refractivity contribution >= 4 is 0 Å². The summed E-state index contributed by atoms with van der Waals surface area (Å²) >= 11 is 0. The van der Waals surface area contributed by atoms with Gasteiger partial charge in [0.15, 0.2) is 0 Å². The van der Waals surface area contributed by atoms with E-state index in [1.165, 1.54) is 6.07 Å². The maximum Gasteiger partial charge on any atom is 0.123 e. The zero-order valence-electron chi connectivity index (χ0n) is 8.52. The predicted octanol–water partition coefficient (Wildman–Crippen LogP) is 2.53. The van der Waals surface area contributed by atoms with Crippen molar-refractivity contribution in [1.29, 1.82) is 0 Å². The molecule has 0 saturated heterocycles. The largest absolute Gasteiger partial charge is 0.319 e. The van der Waals surface area contributed by atoms with Crippen LogP contribution in [0.1, 0.15) is 12.0 Å². The van der Waals surface area contributed by atoms with Gasteiger partial charge in [0, 0.05) is 0 Å². The number of rotatable bonds is 5. The molecule has 0 spiro atoms. The molecular weight excluding hydrogens is 177 g/mol. The van der Waals surface area contributed by atoms with Gasteiger partial charge in [-0.2, -0.15) is 0 Å². The van der Waals surface area contributed by atoms with E-state index < -0.39 is 0 Å². The van der Waals surface area contributed by atoms with Gasteiger partial charge in [0.25, 0.3) is 0 Å². The number of hydrogen-bond acceptors (Lipinski definition) is 1. The Kier molecular flexibility index (Phi) is 4.33. The lowest BCUT2D eigenvalue weighted by Crippen LogP contribution is -2.08. The van der Waals surface area contributed by atoms with E-state index in [0.717, 1.165) is 30.5 Å². The molecule has 2 heteroatoms. The van der Waals surface area contributed by atoms with Gasteiger partial charge in [0.1, 0.15) is 5.82 Å². The van der Waals surface area contributed by atoms with Gasteiger partial charge in [-0.15, -0.1) is 0 Å². The summed E-state index contributed by atoms with van der Waals surface area (Å²) in [6.45, 7) is 4.88. The smallest absolute Gasteiger partial charge is 0.123 e. The molecular formula is C12H16FN. The van der Waals surface area contributed by atoms with Crippen molar-refractivity contribution in [1.82, 2.24) is 5.32 Å². The summed E-state index contributed by atoms with van der Waals surface area (Å²) in [5, 5.41) is 3.06. The Morgan fingerprint density at radius 3 is 2.93 bits per heavy atom. The fraction of sp³-hybridized carbons (Fsp3) is 0.333. The molecule has 0 aliphatic heterocycles. The van der Waals surface area contributed by atoms with Crippen LogP contribution in [0, 0.1) is 5.82 Å². The van der Waals surface area contributed by atoms with Crippen molar-refractivity contribution in [2.24, 2.45) is 0 Å². The summed E-state index contributed by atoms with van der Waals surface area (Å²) in [6.07, 6.45) is 1.70. The molecule has 0 atom stereocenters. The quantitative estimate of drug-likeness (QED) is 0.708. The summed E-state index contributed by atoms with van der Waals surface area (Å²) < 4.78 is 12.8. The summed E-state index contributed by atoms with van der Waals surface area (Å²) in [5.74, 6) is -0.177. The third-order valence-corrected chi connectivity index (χ3v) is 2.07. The van der Waals surface area contributed by atoms with E-state index in [0.29, 0.717) is 0 Å². The highest BCUT2D eigenvalue weighted by Gasteiger charge is 1.98. The predicted molar refractivity (Wildman–Crippen MR) is 57.8 cm³/mol. The van der Waals surface area contributed by atoms with Crippen LogP contribution in [0.25, 0.3) is 0 Å². The van der Waals surface area contributed by atoms with Crippen LogP contribution in [0.3, 0.4) is 0 Å². The topological polar surface area (TPSA) is 12.0 Å². The third-order valence-electron chi connectivity index (χ3n) is 2.07. The van der Waals surface area contributed by atoms with Gasteiger partial charge in [-0.3, -0.25) is 0 Å². The highest BCUT2D eigenvalue weighted by atomic mass is 19.1. The Morgan fingerprint density at radius 2 is 2.29 bits per heavy atom.